The van der Waals surface area contributed by atoms with Gasteiger partial charge in [-0.05, 0) is 54.7 Å². The Hall–Kier alpha value is -1.02. The molecule has 0 unspecified atom stereocenters. The molecule has 2 heteroatoms. The van der Waals surface area contributed by atoms with Gasteiger partial charge in [0.2, 0.25) is 0 Å². The Balaban J connectivity index is 1.75. The molecule has 1 fully saturated rings. The van der Waals surface area contributed by atoms with Gasteiger partial charge >= 0.3 is 0 Å². The minimum Gasteiger partial charge on any atom is -0.492 e. The molecule has 2 nitrogen and oxygen atoms in total. The van der Waals surface area contributed by atoms with E-state index in [1.807, 2.05) is 12.1 Å². The summed E-state index contributed by atoms with van der Waals surface area (Å²) in [5.41, 5.74) is 2.13. The molecule has 21 heavy (non-hydrogen) atoms. The van der Waals surface area contributed by atoms with Gasteiger partial charge in [-0.25, -0.2) is 0 Å². The minimum absolute atomic E-state index is 0.441. The molecule has 1 aromatic carbocycles. The number of rotatable bonds is 5. The van der Waals surface area contributed by atoms with Crippen LogP contribution in [0.15, 0.2) is 24.3 Å². The van der Waals surface area contributed by atoms with Crippen LogP contribution in [0.5, 0.6) is 5.75 Å². The lowest BCUT2D eigenvalue weighted by atomic mass is 9.63. The van der Waals surface area contributed by atoms with Crippen molar-refractivity contribution in [1.82, 2.24) is 5.32 Å². The van der Waals surface area contributed by atoms with Crippen LogP contribution in [0, 0.1) is 17.8 Å². The van der Waals surface area contributed by atoms with Crippen LogP contribution in [0.25, 0.3) is 0 Å². The topological polar surface area (TPSA) is 21.3 Å². The summed E-state index contributed by atoms with van der Waals surface area (Å²) in [6, 6.07) is 8.87. The Labute approximate surface area is 130 Å². The maximum Gasteiger partial charge on any atom is 0.119 e. The second kappa shape index (κ2) is 6.39. The lowest BCUT2D eigenvalue weighted by Gasteiger charge is -2.45. The molecule has 1 N–H and O–H groups in total. The van der Waals surface area contributed by atoms with E-state index in [-0.39, 0.29) is 0 Å². The van der Waals surface area contributed by atoms with E-state index in [1.54, 1.807) is 0 Å². The normalized spacial score (nSPS) is 21.2. The van der Waals surface area contributed by atoms with Gasteiger partial charge in [-0.1, -0.05) is 39.8 Å². The van der Waals surface area contributed by atoms with Gasteiger partial charge in [0.15, 0.2) is 0 Å². The van der Waals surface area contributed by atoms with Crippen LogP contribution in [0.2, 0.25) is 0 Å². The first kappa shape index (κ1) is 16.4. The van der Waals surface area contributed by atoms with Gasteiger partial charge in [-0.2, -0.15) is 0 Å². The molecular weight excluding hydrogens is 258 g/mol. The number of nitrogens with one attached hydrogen (secondary N) is 1. The number of benzene rings is 1. The van der Waals surface area contributed by atoms with Crippen LogP contribution in [0.1, 0.15) is 52.5 Å². The second-order valence-corrected chi connectivity index (χ2v) is 8.23. The molecule has 1 aliphatic carbocycles. The van der Waals surface area contributed by atoms with Crippen molar-refractivity contribution in [2.75, 3.05) is 13.2 Å². The average Bonchev–Trinajstić information content (AvgIpc) is 2.31. The summed E-state index contributed by atoms with van der Waals surface area (Å²) in [5, 5.41) is 3.69. The van der Waals surface area contributed by atoms with Crippen molar-refractivity contribution in [3.63, 3.8) is 0 Å². The summed E-state index contributed by atoms with van der Waals surface area (Å²) in [6.07, 6.45) is 3.85. The zero-order chi connectivity index (χ0) is 15.5. The first-order valence-corrected chi connectivity index (χ1v) is 8.19. The Morgan fingerprint density at radius 1 is 1.14 bits per heavy atom. The molecule has 0 aromatic heterocycles. The molecule has 1 aromatic rings. The van der Waals surface area contributed by atoms with E-state index >= 15 is 0 Å². The molecule has 118 valence electrons. The van der Waals surface area contributed by atoms with Gasteiger partial charge < -0.3 is 10.1 Å². The van der Waals surface area contributed by atoms with Crippen molar-refractivity contribution in [3.8, 4) is 5.75 Å². The number of hydrogen-bond donors (Lipinski definition) is 1. The molecule has 0 spiro atoms. The molecule has 0 atom stereocenters. The van der Waals surface area contributed by atoms with Crippen molar-refractivity contribution in [2.45, 2.75) is 59.9 Å². The largest absolute Gasteiger partial charge is 0.492 e. The van der Waals surface area contributed by atoms with Gasteiger partial charge in [-0.3, -0.25) is 0 Å². The fourth-order valence-electron chi connectivity index (χ4n) is 4.13. The highest BCUT2D eigenvalue weighted by Gasteiger charge is 2.37. The minimum atomic E-state index is 0.441. The summed E-state index contributed by atoms with van der Waals surface area (Å²) >= 11 is 0. The zero-order valence-corrected chi connectivity index (χ0v) is 14.3. The number of aryl methyl sites for hydroxylation is 1. The lowest BCUT2D eigenvalue weighted by molar-refractivity contribution is 0.0835. The van der Waals surface area contributed by atoms with E-state index < -0.39 is 0 Å². The maximum absolute atomic E-state index is 5.82. The molecule has 0 aliphatic heterocycles. The summed E-state index contributed by atoms with van der Waals surface area (Å²) in [5.74, 6) is 0.973. The molecule has 0 radical (unpaired) electrons. The third-order valence-electron chi connectivity index (χ3n) is 4.35. The molecule has 1 aliphatic rings. The van der Waals surface area contributed by atoms with Crippen molar-refractivity contribution in [3.05, 3.63) is 29.8 Å². The van der Waals surface area contributed by atoms with E-state index in [2.05, 4.69) is 52.1 Å². The zero-order valence-electron chi connectivity index (χ0n) is 14.3. The quantitative estimate of drug-likeness (QED) is 0.802. The predicted molar refractivity (Wildman–Crippen MR) is 89.9 cm³/mol. The van der Waals surface area contributed by atoms with E-state index in [4.69, 9.17) is 4.74 Å². The third kappa shape index (κ3) is 5.35. The fourth-order valence-corrected chi connectivity index (χ4v) is 4.13. The summed E-state index contributed by atoms with van der Waals surface area (Å²) in [7, 11) is 0. The Kier molecular flexibility index (Phi) is 4.98. The van der Waals surface area contributed by atoms with Crippen molar-refractivity contribution in [1.29, 1.82) is 0 Å². The first-order chi connectivity index (χ1) is 9.76. The number of ether oxygens (including phenoxy) is 1. The Bertz CT molecular complexity index is 448. The first-order valence-electron chi connectivity index (χ1n) is 8.19. The predicted octanol–water partition coefficient (Wildman–Crippen LogP) is 4.57. The van der Waals surface area contributed by atoms with Crippen LogP contribution in [-0.4, -0.2) is 19.2 Å². The summed E-state index contributed by atoms with van der Waals surface area (Å²) < 4.78 is 5.82. The Morgan fingerprint density at radius 3 is 2.43 bits per heavy atom. The molecule has 2 rings (SSSR count). The number of hydrogen-bond acceptors (Lipinski definition) is 2. The molecule has 0 saturated heterocycles. The highest BCUT2D eigenvalue weighted by Crippen LogP contribution is 2.45. The van der Waals surface area contributed by atoms with Gasteiger partial charge in [0.05, 0.1) is 0 Å². The highest BCUT2D eigenvalue weighted by molar-refractivity contribution is 5.27. The smallest absolute Gasteiger partial charge is 0.119 e. The van der Waals surface area contributed by atoms with Gasteiger partial charge in [0.1, 0.15) is 12.4 Å². The van der Waals surface area contributed by atoms with Crippen LogP contribution in [0.4, 0.5) is 0 Å². The van der Waals surface area contributed by atoms with Crippen LogP contribution >= 0.6 is 0 Å². The molecule has 0 bridgehead atoms. The van der Waals surface area contributed by atoms with Crippen molar-refractivity contribution >= 4 is 0 Å². The fraction of sp³-hybridized carbons (Fsp3) is 0.684. The standard InChI is InChI=1S/C19H31NO/c1-15-7-6-8-17(11-15)21-10-9-20-16-12-18(2,3)14-19(4,5)13-16/h6-8,11,16,20H,9-10,12-14H2,1-5H3. The van der Waals surface area contributed by atoms with E-state index in [0.717, 1.165) is 18.9 Å². The summed E-state index contributed by atoms with van der Waals surface area (Å²) in [4.78, 5) is 0. The maximum atomic E-state index is 5.82. The lowest BCUT2D eigenvalue weighted by Crippen LogP contribution is -2.44. The molecule has 0 heterocycles. The Morgan fingerprint density at radius 2 is 1.81 bits per heavy atom. The van der Waals surface area contributed by atoms with Crippen LogP contribution < -0.4 is 10.1 Å². The second-order valence-electron chi connectivity index (χ2n) is 8.23. The SMILES string of the molecule is Cc1cccc(OCCNC2CC(C)(C)CC(C)(C)C2)c1. The van der Waals surface area contributed by atoms with Gasteiger partial charge in [-0.15, -0.1) is 0 Å². The van der Waals surface area contributed by atoms with Crippen LogP contribution in [-0.2, 0) is 0 Å². The van der Waals surface area contributed by atoms with Crippen molar-refractivity contribution < 1.29 is 4.74 Å². The van der Waals surface area contributed by atoms with E-state index in [0.29, 0.717) is 16.9 Å². The van der Waals surface area contributed by atoms with Crippen LogP contribution in [0.3, 0.4) is 0 Å². The molecule has 0 amide bonds. The third-order valence-corrected chi connectivity index (χ3v) is 4.35. The molecular formula is C19H31NO. The van der Waals surface area contributed by atoms with Crippen molar-refractivity contribution in [2.24, 2.45) is 10.8 Å². The highest BCUT2D eigenvalue weighted by atomic mass is 16.5. The van der Waals surface area contributed by atoms with Gasteiger partial charge in [0.25, 0.3) is 0 Å². The average molecular weight is 289 g/mol. The van der Waals surface area contributed by atoms with Gasteiger partial charge in [0, 0.05) is 12.6 Å². The van der Waals surface area contributed by atoms with E-state index in [1.165, 1.54) is 24.8 Å². The van der Waals surface area contributed by atoms with E-state index in [9.17, 15) is 0 Å². The summed E-state index contributed by atoms with van der Waals surface area (Å²) in [6.45, 7) is 13.3. The molecule has 1 saturated carbocycles. The monoisotopic (exact) mass is 289 g/mol.